The van der Waals surface area contributed by atoms with Gasteiger partial charge < -0.3 is 5.10 Å². The van der Waals surface area contributed by atoms with Crippen molar-refractivity contribution >= 4 is 0 Å². The van der Waals surface area contributed by atoms with E-state index >= 15 is 0 Å². The number of hydrogen-bond acceptors (Lipinski definition) is 3. The Hall–Kier alpha value is -1.92. The van der Waals surface area contributed by atoms with Crippen molar-refractivity contribution in [3.63, 3.8) is 0 Å². The van der Waals surface area contributed by atoms with Crippen molar-refractivity contribution in [1.82, 2.24) is 20.6 Å². The van der Waals surface area contributed by atoms with Crippen LogP contribution in [0.2, 0.25) is 0 Å². The van der Waals surface area contributed by atoms with Gasteiger partial charge in [0, 0.05) is 5.82 Å². The van der Waals surface area contributed by atoms with Crippen LogP contribution in [-0.4, -0.2) is 15.5 Å². The first-order chi connectivity index (χ1) is 7.07. The average Bonchev–Trinajstić information content (AvgIpc) is 2.69. The fraction of sp³-hybridized carbons (Fsp3) is 0.125. The van der Waals surface area contributed by atoms with Crippen LogP contribution in [0.15, 0.2) is 24.3 Å². The van der Waals surface area contributed by atoms with Crippen molar-refractivity contribution < 1.29 is 13.2 Å². The number of hydrogen-bond donors (Lipinski definition) is 0. The Bertz CT molecular complexity index is 432. The monoisotopic (exact) mass is 213 g/mol. The highest BCUT2D eigenvalue weighted by molar-refractivity contribution is 5.54. The van der Waals surface area contributed by atoms with E-state index < -0.39 is 11.7 Å². The van der Waals surface area contributed by atoms with Gasteiger partial charge in [0.1, 0.15) is 0 Å². The summed E-state index contributed by atoms with van der Waals surface area (Å²) in [6.07, 6.45) is -4.33. The van der Waals surface area contributed by atoms with E-state index in [1.165, 1.54) is 12.1 Å². The molecule has 1 heterocycles. The van der Waals surface area contributed by atoms with Gasteiger partial charge in [-0.3, -0.25) is 10.3 Å². The predicted molar refractivity (Wildman–Crippen MR) is 43.6 cm³/mol. The summed E-state index contributed by atoms with van der Waals surface area (Å²) in [6.45, 7) is 0. The fourth-order valence-corrected chi connectivity index (χ4v) is 1.07. The maximum Gasteiger partial charge on any atom is 0.416 e. The molecule has 0 aliphatic rings. The third-order valence-corrected chi connectivity index (χ3v) is 1.79. The van der Waals surface area contributed by atoms with Gasteiger partial charge in [0.2, 0.25) is 0 Å². The van der Waals surface area contributed by atoms with Gasteiger partial charge in [0.15, 0.2) is 0 Å². The molecule has 0 bridgehead atoms. The summed E-state index contributed by atoms with van der Waals surface area (Å²) in [7, 11) is 0. The van der Waals surface area contributed by atoms with Gasteiger partial charge >= 0.3 is 6.18 Å². The fourth-order valence-electron chi connectivity index (χ4n) is 1.07. The summed E-state index contributed by atoms with van der Waals surface area (Å²) in [5, 5.41) is 13.5. The van der Waals surface area contributed by atoms with E-state index in [2.05, 4.69) is 20.6 Å². The van der Waals surface area contributed by atoms with E-state index in [1.807, 2.05) is 0 Å². The first-order valence-electron chi connectivity index (χ1n) is 3.94. The van der Waals surface area contributed by atoms with Crippen molar-refractivity contribution in [3.8, 4) is 11.4 Å². The molecule has 0 saturated heterocycles. The van der Waals surface area contributed by atoms with Gasteiger partial charge in [-0.1, -0.05) is 12.1 Å². The lowest BCUT2D eigenvalue weighted by Crippen LogP contribution is -2.04. The predicted octanol–water partition coefficient (Wildman–Crippen LogP) is 1.51. The highest BCUT2D eigenvalue weighted by Gasteiger charge is 2.29. The zero-order valence-corrected chi connectivity index (χ0v) is 7.23. The topological polar surface area (TPSA) is 52.8 Å². The average molecular weight is 213 g/mol. The van der Waals surface area contributed by atoms with Crippen molar-refractivity contribution in [2.24, 2.45) is 0 Å². The van der Waals surface area contributed by atoms with Crippen molar-refractivity contribution in [2.45, 2.75) is 6.18 Å². The van der Waals surface area contributed by atoms with Gasteiger partial charge in [-0.25, -0.2) is 0 Å². The molecular weight excluding hydrogens is 209 g/mol. The van der Waals surface area contributed by atoms with E-state index in [9.17, 15) is 13.2 Å². The Morgan fingerprint density at radius 1 is 1.07 bits per heavy atom. The molecule has 4 nitrogen and oxygen atoms in total. The third kappa shape index (κ3) is 1.95. The molecule has 0 amide bonds. The molecular formula is C8H4F3N4-. The maximum absolute atomic E-state index is 12.2. The number of halogens is 3. The number of benzene rings is 1. The lowest BCUT2D eigenvalue weighted by atomic mass is 10.1. The maximum atomic E-state index is 12.2. The Kier molecular flexibility index (Phi) is 2.14. The van der Waals surface area contributed by atoms with Crippen LogP contribution in [0.1, 0.15) is 5.56 Å². The molecule has 1 aromatic carbocycles. The van der Waals surface area contributed by atoms with E-state index in [1.54, 1.807) is 0 Å². The largest absolute Gasteiger partial charge is 0.416 e. The second-order valence-corrected chi connectivity index (χ2v) is 2.78. The molecule has 0 atom stereocenters. The Morgan fingerprint density at radius 3 is 2.20 bits per heavy atom. The highest BCUT2D eigenvalue weighted by Crippen LogP contribution is 2.30. The molecule has 0 aliphatic heterocycles. The summed E-state index contributed by atoms with van der Waals surface area (Å²) in [5.74, 6) is 0.212. The SMILES string of the molecule is FC(F)(F)c1ccc(-c2nnn[n-]2)cc1. The number of nitrogens with zero attached hydrogens (tertiary/aromatic N) is 4. The van der Waals surface area contributed by atoms with Gasteiger partial charge in [0.05, 0.1) is 5.56 Å². The molecule has 0 saturated carbocycles. The molecule has 1 aromatic heterocycles. The minimum atomic E-state index is -4.33. The van der Waals surface area contributed by atoms with Crippen LogP contribution in [0.5, 0.6) is 0 Å². The second kappa shape index (κ2) is 3.34. The van der Waals surface area contributed by atoms with Crippen LogP contribution in [0.3, 0.4) is 0 Å². The molecule has 0 unspecified atom stereocenters. The van der Waals surface area contributed by atoms with Gasteiger partial charge in [-0.05, 0) is 17.7 Å². The lowest BCUT2D eigenvalue weighted by Gasteiger charge is -2.07. The Balaban J connectivity index is 2.33. The second-order valence-electron chi connectivity index (χ2n) is 2.78. The summed E-state index contributed by atoms with van der Waals surface area (Å²) in [4.78, 5) is 0. The van der Waals surface area contributed by atoms with Crippen LogP contribution in [0, 0.1) is 0 Å². The van der Waals surface area contributed by atoms with Gasteiger partial charge in [0.25, 0.3) is 0 Å². The number of rotatable bonds is 1. The van der Waals surface area contributed by atoms with Crippen molar-refractivity contribution in [2.75, 3.05) is 0 Å². The van der Waals surface area contributed by atoms with E-state index in [0.717, 1.165) is 12.1 Å². The molecule has 0 spiro atoms. The molecule has 0 N–H and O–H groups in total. The highest BCUT2D eigenvalue weighted by atomic mass is 19.4. The molecule has 15 heavy (non-hydrogen) atoms. The first-order valence-corrected chi connectivity index (χ1v) is 3.94. The minimum Gasteiger partial charge on any atom is -0.330 e. The smallest absolute Gasteiger partial charge is 0.330 e. The molecule has 0 aliphatic carbocycles. The van der Waals surface area contributed by atoms with E-state index in [4.69, 9.17) is 0 Å². The Morgan fingerprint density at radius 2 is 1.73 bits per heavy atom. The van der Waals surface area contributed by atoms with Gasteiger partial charge in [-0.15, -0.1) is 0 Å². The standard InChI is InChI=1S/C8H4F3N4/c9-8(10,11)6-3-1-5(2-4-6)7-12-14-15-13-7/h1-4H/q-1. The number of tetrazole rings is 1. The van der Waals surface area contributed by atoms with E-state index in [-0.39, 0.29) is 5.82 Å². The van der Waals surface area contributed by atoms with Crippen LogP contribution >= 0.6 is 0 Å². The van der Waals surface area contributed by atoms with Crippen molar-refractivity contribution in [3.05, 3.63) is 29.8 Å². The zero-order valence-electron chi connectivity index (χ0n) is 7.23. The molecule has 7 heteroatoms. The Labute approximate surface area is 82.1 Å². The van der Waals surface area contributed by atoms with Crippen LogP contribution in [-0.2, 0) is 6.18 Å². The minimum absolute atomic E-state index is 0.212. The summed E-state index contributed by atoms with van der Waals surface area (Å²) >= 11 is 0. The molecule has 0 fully saturated rings. The summed E-state index contributed by atoms with van der Waals surface area (Å²) in [6, 6.07) is 4.49. The molecule has 2 aromatic rings. The van der Waals surface area contributed by atoms with Crippen LogP contribution < -0.4 is 5.10 Å². The molecule has 78 valence electrons. The third-order valence-electron chi connectivity index (χ3n) is 1.79. The van der Waals surface area contributed by atoms with E-state index in [0.29, 0.717) is 5.56 Å². The van der Waals surface area contributed by atoms with Gasteiger partial charge in [-0.2, -0.15) is 18.4 Å². The summed E-state index contributed by atoms with van der Waals surface area (Å²) in [5.41, 5.74) is -0.258. The van der Waals surface area contributed by atoms with Crippen LogP contribution in [0.25, 0.3) is 11.4 Å². The number of aromatic nitrogens is 4. The molecule has 0 radical (unpaired) electrons. The lowest BCUT2D eigenvalue weighted by molar-refractivity contribution is -0.137. The molecule has 2 rings (SSSR count). The van der Waals surface area contributed by atoms with Crippen LogP contribution in [0.4, 0.5) is 13.2 Å². The normalized spacial score (nSPS) is 11.7. The van der Waals surface area contributed by atoms with Crippen molar-refractivity contribution in [1.29, 1.82) is 0 Å². The summed E-state index contributed by atoms with van der Waals surface area (Å²) < 4.78 is 36.6. The quantitative estimate of drug-likeness (QED) is 0.720. The number of alkyl halides is 3. The first kappa shape index (κ1) is 9.63. The zero-order chi connectivity index (χ0) is 10.9.